The number of rotatable bonds is 8. The number of amides is 1. The highest BCUT2D eigenvalue weighted by Crippen LogP contribution is 2.28. The van der Waals surface area contributed by atoms with E-state index < -0.39 is 85.4 Å². The topological polar surface area (TPSA) is 231 Å². The van der Waals surface area contributed by atoms with E-state index in [2.05, 4.69) is 5.32 Å². The fourth-order valence-corrected chi connectivity index (χ4v) is 3.73. The number of ether oxygens (including phenoxy) is 4. The number of non-ortho nitro benzene ring substituents is 1. The number of nitrogens with zero attached hydrogens (tertiary/aromatic N) is 1. The summed E-state index contributed by atoms with van der Waals surface area (Å²) < 4.78 is 22.0. The van der Waals surface area contributed by atoms with Crippen LogP contribution in [0.5, 0.6) is 5.75 Å². The molecule has 3 rings (SSSR count). The second kappa shape index (κ2) is 11.5. The molecule has 2 fully saturated rings. The van der Waals surface area contributed by atoms with Gasteiger partial charge in [0.2, 0.25) is 12.2 Å². The minimum absolute atomic E-state index is 0.105. The number of carbonyl (C=O) groups excluding carboxylic acids is 1. The molecule has 1 aromatic rings. The maximum Gasteiger partial charge on any atom is 0.269 e. The van der Waals surface area contributed by atoms with Crippen molar-refractivity contribution in [1.82, 2.24) is 5.32 Å². The predicted molar refractivity (Wildman–Crippen MR) is 112 cm³/mol. The van der Waals surface area contributed by atoms with Crippen molar-refractivity contribution in [1.29, 1.82) is 0 Å². The number of hydrogen-bond donors (Lipinski definition) is 7. The fourth-order valence-electron chi connectivity index (χ4n) is 3.73. The molecule has 0 aliphatic carbocycles. The van der Waals surface area contributed by atoms with Crippen molar-refractivity contribution in [3.05, 3.63) is 34.4 Å². The molecule has 7 N–H and O–H groups in total. The average molecular weight is 504 g/mol. The van der Waals surface area contributed by atoms with Gasteiger partial charge in [-0.2, -0.15) is 0 Å². The summed E-state index contributed by atoms with van der Waals surface area (Å²) in [5.74, 6) is -0.452. The normalized spacial score (nSPS) is 37.5. The molecule has 1 amide bonds. The van der Waals surface area contributed by atoms with Gasteiger partial charge in [-0.1, -0.05) is 0 Å². The highest BCUT2D eigenvalue weighted by atomic mass is 16.7. The molecule has 10 atom stereocenters. The van der Waals surface area contributed by atoms with Gasteiger partial charge in [0.25, 0.3) is 5.69 Å². The third-order valence-electron chi connectivity index (χ3n) is 5.64. The number of hydrogen-bond acceptors (Lipinski definition) is 13. The highest BCUT2D eigenvalue weighted by Gasteiger charge is 2.48. The van der Waals surface area contributed by atoms with Crippen LogP contribution in [-0.4, -0.2) is 116 Å². The molecule has 35 heavy (non-hydrogen) atoms. The zero-order chi connectivity index (χ0) is 25.9. The molecule has 196 valence electrons. The van der Waals surface area contributed by atoms with E-state index in [-0.39, 0.29) is 11.4 Å². The van der Waals surface area contributed by atoms with Crippen LogP contribution in [0.25, 0.3) is 0 Å². The largest absolute Gasteiger partial charge is 0.463 e. The van der Waals surface area contributed by atoms with Crippen molar-refractivity contribution in [2.75, 3.05) is 13.2 Å². The lowest BCUT2D eigenvalue weighted by molar-refractivity contribution is -0.384. The number of benzene rings is 1. The molecule has 1 aromatic carbocycles. The Hall–Kier alpha value is -2.47. The number of nitro benzene ring substituents is 1. The Morgan fingerprint density at radius 2 is 1.57 bits per heavy atom. The van der Waals surface area contributed by atoms with Crippen LogP contribution in [0.1, 0.15) is 6.92 Å². The lowest BCUT2D eigenvalue weighted by Gasteiger charge is -2.44. The molecule has 15 nitrogen and oxygen atoms in total. The highest BCUT2D eigenvalue weighted by molar-refractivity contribution is 5.73. The average Bonchev–Trinajstić information content (AvgIpc) is 2.82. The van der Waals surface area contributed by atoms with E-state index in [1.54, 1.807) is 0 Å². The molecule has 0 spiro atoms. The second-order valence-electron chi connectivity index (χ2n) is 8.15. The summed E-state index contributed by atoms with van der Waals surface area (Å²) in [6.07, 6.45) is -13.6. The molecule has 2 aliphatic rings. The van der Waals surface area contributed by atoms with E-state index >= 15 is 0 Å². The minimum atomic E-state index is -1.70. The van der Waals surface area contributed by atoms with Crippen molar-refractivity contribution in [2.45, 2.75) is 68.3 Å². The van der Waals surface area contributed by atoms with Crippen LogP contribution in [0.15, 0.2) is 24.3 Å². The van der Waals surface area contributed by atoms with Crippen molar-refractivity contribution in [3.63, 3.8) is 0 Å². The Bertz CT molecular complexity index is 869. The molecule has 2 heterocycles. The van der Waals surface area contributed by atoms with Crippen LogP contribution in [-0.2, 0) is 19.0 Å². The Morgan fingerprint density at radius 3 is 2.14 bits per heavy atom. The van der Waals surface area contributed by atoms with E-state index in [0.29, 0.717) is 0 Å². The van der Waals surface area contributed by atoms with Crippen LogP contribution in [0, 0.1) is 10.1 Å². The summed E-state index contributed by atoms with van der Waals surface area (Å²) in [7, 11) is 0. The minimum Gasteiger partial charge on any atom is -0.463 e. The number of nitrogens with one attached hydrogen (secondary N) is 1. The quantitative estimate of drug-likeness (QED) is 0.136. The molecule has 0 bridgehead atoms. The Balaban J connectivity index is 1.72. The van der Waals surface area contributed by atoms with Crippen molar-refractivity contribution in [2.24, 2.45) is 0 Å². The summed E-state index contributed by atoms with van der Waals surface area (Å²) >= 11 is 0. The summed E-state index contributed by atoms with van der Waals surface area (Å²) in [4.78, 5) is 21.9. The monoisotopic (exact) mass is 504 g/mol. The predicted octanol–water partition coefficient (Wildman–Crippen LogP) is -3.26. The zero-order valence-electron chi connectivity index (χ0n) is 18.5. The summed E-state index contributed by atoms with van der Waals surface area (Å²) in [6.45, 7) is -0.000197. The third kappa shape index (κ3) is 6.21. The molecule has 15 heteroatoms. The molecule has 0 radical (unpaired) electrons. The van der Waals surface area contributed by atoms with Gasteiger partial charge in [-0.05, 0) is 12.1 Å². The molecule has 0 aromatic heterocycles. The number of aliphatic hydroxyl groups is 6. The smallest absolute Gasteiger partial charge is 0.269 e. The number of carbonyl (C=O) groups is 1. The lowest BCUT2D eigenvalue weighted by atomic mass is 9.96. The Morgan fingerprint density at radius 1 is 0.971 bits per heavy atom. The molecular formula is C20H28N2O13. The molecule has 2 aliphatic heterocycles. The molecule has 0 saturated carbocycles. The maximum atomic E-state index is 11.6. The summed E-state index contributed by atoms with van der Waals surface area (Å²) in [5.41, 5.74) is -0.193. The van der Waals surface area contributed by atoms with E-state index in [1.165, 1.54) is 31.2 Å². The standard InChI is InChI=1S/C20H28N2O13/c1-8(24)21-13-16(27)15(26)12(7-32-20-18(29)17(28)14(25)11(6-23)34-20)35-19(13)33-10-4-2-9(3-5-10)22(30)31/h2-5,11-20,23,25-29H,6-7H2,1H3,(H,21,24)/t11-,12-,13+,14+,15-,16-,17+,18-,19+,20-/m1/s1. The van der Waals surface area contributed by atoms with Gasteiger partial charge in [0.15, 0.2) is 6.29 Å². The van der Waals surface area contributed by atoms with Crippen molar-refractivity contribution in [3.8, 4) is 5.75 Å². The van der Waals surface area contributed by atoms with Gasteiger partial charge < -0.3 is 54.9 Å². The first kappa shape index (κ1) is 27.1. The van der Waals surface area contributed by atoms with Gasteiger partial charge in [-0.3, -0.25) is 14.9 Å². The number of aliphatic hydroxyl groups excluding tert-OH is 6. The van der Waals surface area contributed by atoms with E-state index in [1.807, 2.05) is 0 Å². The fraction of sp³-hybridized carbons (Fsp3) is 0.650. The first-order chi connectivity index (χ1) is 16.5. The van der Waals surface area contributed by atoms with E-state index in [4.69, 9.17) is 18.9 Å². The zero-order valence-corrected chi connectivity index (χ0v) is 18.5. The first-order valence-corrected chi connectivity index (χ1v) is 10.7. The molecule has 2 saturated heterocycles. The first-order valence-electron chi connectivity index (χ1n) is 10.7. The molecule has 0 unspecified atom stereocenters. The van der Waals surface area contributed by atoms with Crippen molar-refractivity contribution < 1.29 is 59.3 Å². The van der Waals surface area contributed by atoms with Gasteiger partial charge in [0.05, 0.1) is 18.1 Å². The van der Waals surface area contributed by atoms with Crippen LogP contribution >= 0.6 is 0 Å². The van der Waals surface area contributed by atoms with Crippen LogP contribution in [0.4, 0.5) is 5.69 Å². The maximum absolute atomic E-state index is 11.6. The summed E-state index contributed by atoms with van der Waals surface area (Å²) in [5, 5.41) is 73.5. The summed E-state index contributed by atoms with van der Waals surface area (Å²) in [6, 6.07) is 3.68. The van der Waals surface area contributed by atoms with Gasteiger partial charge in [-0.15, -0.1) is 0 Å². The molecular weight excluding hydrogens is 476 g/mol. The lowest BCUT2D eigenvalue weighted by Crippen LogP contribution is -2.66. The van der Waals surface area contributed by atoms with Gasteiger partial charge >= 0.3 is 0 Å². The second-order valence-corrected chi connectivity index (χ2v) is 8.15. The van der Waals surface area contributed by atoms with Crippen LogP contribution < -0.4 is 10.1 Å². The van der Waals surface area contributed by atoms with Crippen LogP contribution in [0.2, 0.25) is 0 Å². The van der Waals surface area contributed by atoms with Gasteiger partial charge in [0.1, 0.15) is 54.5 Å². The Labute approximate surface area is 198 Å². The van der Waals surface area contributed by atoms with E-state index in [0.717, 1.165) is 0 Å². The SMILES string of the molecule is CC(=O)N[C@@H]1[C@@H](Oc2ccc([N+](=O)[O-])cc2)O[C@H](CO[C@@H]2O[C@H](CO)[C@H](O)[C@H](O)[C@H]2O)[C@@H](O)[C@@H]1O. The number of nitro groups is 1. The van der Waals surface area contributed by atoms with Gasteiger partial charge in [-0.25, -0.2) is 0 Å². The third-order valence-corrected chi connectivity index (χ3v) is 5.64. The Kier molecular flexibility index (Phi) is 8.92. The van der Waals surface area contributed by atoms with E-state index in [9.17, 15) is 45.5 Å². The van der Waals surface area contributed by atoms with Gasteiger partial charge in [0, 0.05) is 19.1 Å². The van der Waals surface area contributed by atoms with Crippen LogP contribution in [0.3, 0.4) is 0 Å². The van der Waals surface area contributed by atoms with Crippen molar-refractivity contribution >= 4 is 11.6 Å².